The second-order valence-corrected chi connectivity index (χ2v) is 7.88. The van der Waals surface area contributed by atoms with E-state index in [-0.39, 0.29) is 17.2 Å². The number of nitrogens with zero attached hydrogens (tertiary/aromatic N) is 2. The molecule has 1 aromatic heterocycles. The van der Waals surface area contributed by atoms with Crippen molar-refractivity contribution in [3.63, 3.8) is 0 Å². The molecular formula is C20H28N4O. The average Bonchev–Trinajstić information content (AvgIpc) is 3.00. The molecule has 2 heterocycles. The zero-order valence-electron chi connectivity index (χ0n) is 15.6. The molecule has 3 rings (SSSR count). The Morgan fingerprint density at radius 2 is 1.92 bits per heavy atom. The maximum absolute atomic E-state index is 12.7. The van der Waals surface area contributed by atoms with Gasteiger partial charge in [-0.3, -0.25) is 4.79 Å². The number of rotatable bonds is 3. The minimum Gasteiger partial charge on any atom is -0.317 e. The van der Waals surface area contributed by atoms with Gasteiger partial charge in [-0.05, 0) is 44.5 Å². The molecule has 25 heavy (non-hydrogen) atoms. The third-order valence-corrected chi connectivity index (χ3v) is 4.78. The molecule has 134 valence electrons. The summed E-state index contributed by atoms with van der Waals surface area (Å²) in [5.41, 5.74) is 3.01. The number of amides is 1. The van der Waals surface area contributed by atoms with Crippen molar-refractivity contribution in [1.82, 2.24) is 15.1 Å². The highest BCUT2D eigenvalue weighted by Crippen LogP contribution is 2.28. The van der Waals surface area contributed by atoms with Crippen LogP contribution in [0.2, 0.25) is 0 Å². The van der Waals surface area contributed by atoms with Crippen LogP contribution in [0.15, 0.2) is 30.3 Å². The van der Waals surface area contributed by atoms with Crippen molar-refractivity contribution in [2.24, 2.45) is 5.92 Å². The van der Waals surface area contributed by atoms with E-state index in [0.29, 0.717) is 0 Å². The van der Waals surface area contributed by atoms with Gasteiger partial charge in [-0.15, -0.1) is 0 Å². The molecule has 0 aliphatic carbocycles. The summed E-state index contributed by atoms with van der Waals surface area (Å²) in [6.45, 7) is 10.3. The number of carbonyl (C=O) groups excluding carboxylic acids is 1. The number of carbonyl (C=O) groups is 1. The highest BCUT2D eigenvalue weighted by atomic mass is 16.2. The molecule has 1 saturated heterocycles. The molecule has 0 spiro atoms. The first kappa shape index (κ1) is 17.7. The maximum atomic E-state index is 12.7. The van der Waals surface area contributed by atoms with Crippen LogP contribution in [0.5, 0.6) is 0 Å². The van der Waals surface area contributed by atoms with Crippen LogP contribution in [0.3, 0.4) is 0 Å². The Morgan fingerprint density at radius 1 is 1.24 bits per heavy atom. The second-order valence-electron chi connectivity index (χ2n) is 7.88. The van der Waals surface area contributed by atoms with Crippen LogP contribution >= 0.6 is 0 Å². The lowest BCUT2D eigenvalue weighted by Gasteiger charge is -2.22. The summed E-state index contributed by atoms with van der Waals surface area (Å²) in [5, 5.41) is 11.2. The Kier molecular flexibility index (Phi) is 4.95. The number of piperidine rings is 1. The summed E-state index contributed by atoms with van der Waals surface area (Å²) in [4.78, 5) is 12.7. The third-order valence-electron chi connectivity index (χ3n) is 4.78. The van der Waals surface area contributed by atoms with Crippen molar-refractivity contribution >= 4 is 11.7 Å². The Labute approximate surface area is 149 Å². The zero-order valence-corrected chi connectivity index (χ0v) is 15.6. The minimum absolute atomic E-state index is 0.0690. The van der Waals surface area contributed by atoms with Crippen LogP contribution in [-0.4, -0.2) is 28.8 Å². The number of aromatic nitrogens is 2. The smallest absolute Gasteiger partial charge is 0.228 e. The summed E-state index contributed by atoms with van der Waals surface area (Å²) in [6.07, 6.45) is 1.77. The Bertz CT molecular complexity index is 751. The van der Waals surface area contributed by atoms with E-state index in [1.54, 1.807) is 0 Å². The van der Waals surface area contributed by atoms with Gasteiger partial charge in [0.1, 0.15) is 5.82 Å². The molecule has 5 heteroatoms. The minimum atomic E-state index is -0.0812. The van der Waals surface area contributed by atoms with Gasteiger partial charge >= 0.3 is 0 Å². The molecule has 1 fully saturated rings. The fourth-order valence-corrected chi connectivity index (χ4v) is 3.13. The number of benzene rings is 1. The van der Waals surface area contributed by atoms with Gasteiger partial charge in [-0.2, -0.15) is 5.10 Å². The second kappa shape index (κ2) is 7.00. The van der Waals surface area contributed by atoms with E-state index in [2.05, 4.69) is 44.4 Å². The number of anilines is 1. The molecule has 1 aliphatic heterocycles. The zero-order chi connectivity index (χ0) is 18.0. The van der Waals surface area contributed by atoms with E-state index in [1.807, 2.05) is 28.9 Å². The monoisotopic (exact) mass is 340 g/mol. The SMILES string of the molecule is Cc1ccccc1-n1nc(C(C)(C)C)cc1NC(=O)C1CCNCC1. The number of hydrogen-bond donors (Lipinski definition) is 2. The average molecular weight is 340 g/mol. The van der Waals surface area contributed by atoms with Crippen LogP contribution in [0, 0.1) is 12.8 Å². The van der Waals surface area contributed by atoms with Crippen LogP contribution < -0.4 is 10.6 Å². The largest absolute Gasteiger partial charge is 0.317 e. The summed E-state index contributed by atoms with van der Waals surface area (Å²) in [7, 11) is 0. The van der Waals surface area contributed by atoms with Crippen LogP contribution in [0.4, 0.5) is 5.82 Å². The molecule has 1 aromatic carbocycles. The summed E-state index contributed by atoms with van der Waals surface area (Å²) in [6, 6.07) is 10.1. The predicted molar refractivity (Wildman–Crippen MR) is 101 cm³/mol. The standard InChI is InChI=1S/C20H28N4O/c1-14-7-5-6-8-16(14)24-18(13-17(23-24)20(2,3)4)22-19(25)15-9-11-21-12-10-15/h5-8,13,15,21H,9-12H2,1-4H3,(H,22,25). The van der Waals surface area contributed by atoms with Gasteiger partial charge in [-0.25, -0.2) is 4.68 Å². The molecule has 0 radical (unpaired) electrons. The van der Waals surface area contributed by atoms with E-state index in [9.17, 15) is 4.79 Å². The summed E-state index contributed by atoms with van der Waals surface area (Å²) < 4.78 is 1.87. The van der Waals surface area contributed by atoms with Gasteiger partial charge in [0.05, 0.1) is 11.4 Å². The molecule has 1 aliphatic rings. The van der Waals surface area contributed by atoms with E-state index >= 15 is 0 Å². The lowest BCUT2D eigenvalue weighted by atomic mass is 9.92. The van der Waals surface area contributed by atoms with Gasteiger partial charge in [0, 0.05) is 17.4 Å². The highest BCUT2D eigenvalue weighted by Gasteiger charge is 2.25. The van der Waals surface area contributed by atoms with Crippen molar-refractivity contribution in [3.05, 3.63) is 41.6 Å². The Hall–Kier alpha value is -2.14. The van der Waals surface area contributed by atoms with Gasteiger partial charge in [-0.1, -0.05) is 39.0 Å². The molecule has 0 unspecified atom stereocenters. The Balaban J connectivity index is 1.95. The van der Waals surface area contributed by atoms with Crippen LogP contribution in [-0.2, 0) is 10.2 Å². The molecular weight excluding hydrogens is 312 g/mol. The van der Waals surface area contributed by atoms with E-state index in [4.69, 9.17) is 5.10 Å². The maximum Gasteiger partial charge on any atom is 0.228 e. The fraction of sp³-hybridized carbons (Fsp3) is 0.500. The number of nitrogens with one attached hydrogen (secondary N) is 2. The van der Waals surface area contributed by atoms with Crippen molar-refractivity contribution in [3.8, 4) is 5.69 Å². The van der Waals surface area contributed by atoms with E-state index in [0.717, 1.165) is 48.7 Å². The lowest BCUT2D eigenvalue weighted by molar-refractivity contribution is -0.120. The topological polar surface area (TPSA) is 59.0 Å². The first-order valence-electron chi connectivity index (χ1n) is 9.04. The first-order chi connectivity index (χ1) is 11.9. The fourth-order valence-electron chi connectivity index (χ4n) is 3.13. The van der Waals surface area contributed by atoms with Gasteiger partial charge in [0.2, 0.25) is 5.91 Å². The summed E-state index contributed by atoms with van der Waals surface area (Å²) in [5.74, 6) is 0.916. The predicted octanol–water partition coefficient (Wildman–Crippen LogP) is 3.42. The normalized spacial score (nSPS) is 16.0. The van der Waals surface area contributed by atoms with Crippen molar-refractivity contribution in [2.45, 2.75) is 46.0 Å². The molecule has 0 bridgehead atoms. The quantitative estimate of drug-likeness (QED) is 0.900. The molecule has 2 aromatic rings. The molecule has 0 saturated carbocycles. The Morgan fingerprint density at radius 3 is 2.56 bits per heavy atom. The number of aryl methyl sites for hydroxylation is 1. The van der Waals surface area contributed by atoms with Gasteiger partial charge in [0.25, 0.3) is 0 Å². The molecule has 2 N–H and O–H groups in total. The van der Waals surface area contributed by atoms with Crippen LogP contribution in [0.25, 0.3) is 5.69 Å². The summed E-state index contributed by atoms with van der Waals surface area (Å²) >= 11 is 0. The molecule has 1 amide bonds. The van der Waals surface area contributed by atoms with E-state index < -0.39 is 0 Å². The number of hydrogen-bond acceptors (Lipinski definition) is 3. The van der Waals surface area contributed by atoms with E-state index in [1.165, 1.54) is 0 Å². The molecule has 0 atom stereocenters. The van der Waals surface area contributed by atoms with Crippen molar-refractivity contribution in [1.29, 1.82) is 0 Å². The van der Waals surface area contributed by atoms with Crippen molar-refractivity contribution < 1.29 is 4.79 Å². The van der Waals surface area contributed by atoms with Gasteiger partial charge < -0.3 is 10.6 Å². The first-order valence-corrected chi connectivity index (χ1v) is 9.04. The lowest BCUT2D eigenvalue weighted by Crippen LogP contribution is -2.35. The third kappa shape index (κ3) is 3.93. The molecule has 5 nitrogen and oxygen atoms in total. The van der Waals surface area contributed by atoms with Gasteiger partial charge in [0.15, 0.2) is 0 Å². The van der Waals surface area contributed by atoms with Crippen molar-refractivity contribution in [2.75, 3.05) is 18.4 Å². The number of para-hydroxylation sites is 1. The highest BCUT2D eigenvalue weighted by molar-refractivity contribution is 5.92. The van der Waals surface area contributed by atoms with Crippen LogP contribution in [0.1, 0.15) is 44.9 Å².